The molecule has 1 aliphatic rings. The van der Waals surface area contributed by atoms with Crippen molar-refractivity contribution in [3.8, 4) is 5.75 Å². The van der Waals surface area contributed by atoms with Crippen molar-refractivity contribution in [1.29, 1.82) is 0 Å². The van der Waals surface area contributed by atoms with E-state index < -0.39 is 0 Å². The Bertz CT molecular complexity index is 606. The first-order valence-corrected chi connectivity index (χ1v) is 7.80. The first-order chi connectivity index (χ1) is 10.3. The van der Waals surface area contributed by atoms with Gasteiger partial charge in [0.2, 0.25) is 0 Å². The van der Waals surface area contributed by atoms with Gasteiger partial charge in [-0.1, -0.05) is 50.2 Å². The van der Waals surface area contributed by atoms with Gasteiger partial charge in [0.1, 0.15) is 5.75 Å². The number of fused-ring (bicyclic) bond motifs is 1. The van der Waals surface area contributed by atoms with Gasteiger partial charge in [-0.3, -0.25) is 0 Å². The van der Waals surface area contributed by atoms with Crippen molar-refractivity contribution in [3.63, 3.8) is 0 Å². The fraction of sp³-hybridized carbons (Fsp3) is 0.368. The smallest absolute Gasteiger partial charge is 0.122 e. The van der Waals surface area contributed by atoms with E-state index >= 15 is 0 Å². The SMILES string of the molecule is CC(C)c1ccccc1NCC1CCOc2ccccc21. The van der Waals surface area contributed by atoms with E-state index in [1.54, 1.807) is 0 Å². The molecule has 21 heavy (non-hydrogen) atoms. The van der Waals surface area contributed by atoms with Crippen LogP contribution in [-0.2, 0) is 0 Å². The minimum absolute atomic E-state index is 0.523. The van der Waals surface area contributed by atoms with Gasteiger partial charge in [-0.15, -0.1) is 0 Å². The lowest BCUT2D eigenvalue weighted by molar-refractivity contribution is 0.270. The van der Waals surface area contributed by atoms with Gasteiger partial charge in [-0.05, 0) is 35.6 Å². The van der Waals surface area contributed by atoms with Crippen LogP contribution in [0.1, 0.15) is 43.2 Å². The Morgan fingerprint density at radius 1 is 1.10 bits per heavy atom. The summed E-state index contributed by atoms with van der Waals surface area (Å²) in [5.74, 6) is 2.11. The topological polar surface area (TPSA) is 21.3 Å². The molecule has 0 fully saturated rings. The quantitative estimate of drug-likeness (QED) is 0.870. The first kappa shape index (κ1) is 14.0. The number of nitrogens with one attached hydrogen (secondary N) is 1. The molecule has 0 aromatic heterocycles. The minimum Gasteiger partial charge on any atom is -0.493 e. The Kier molecular flexibility index (Phi) is 4.14. The van der Waals surface area contributed by atoms with Crippen molar-refractivity contribution < 1.29 is 4.74 Å². The zero-order valence-electron chi connectivity index (χ0n) is 12.8. The largest absolute Gasteiger partial charge is 0.493 e. The molecule has 110 valence electrons. The van der Waals surface area contributed by atoms with Crippen LogP contribution in [0.5, 0.6) is 5.75 Å². The van der Waals surface area contributed by atoms with Crippen molar-refractivity contribution in [1.82, 2.24) is 0 Å². The second-order valence-electron chi connectivity index (χ2n) is 5.99. The van der Waals surface area contributed by atoms with Crippen LogP contribution in [-0.4, -0.2) is 13.2 Å². The predicted molar refractivity (Wildman–Crippen MR) is 88.3 cm³/mol. The number of rotatable bonds is 4. The molecule has 0 spiro atoms. The molecule has 0 aliphatic carbocycles. The van der Waals surface area contributed by atoms with Gasteiger partial charge in [0.05, 0.1) is 6.61 Å². The molecule has 1 unspecified atom stereocenters. The normalized spacial score (nSPS) is 17.2. The van der Waals surface area contributed by atoms with E-state index in [0.29, 0.717) is 11.8 Å². The average molecular weight is 281 g/mol. The molecular weight excluding hydrogens is 258 g/mol. The van der Waals surface area contributed by atoms with E-state index in [-0.39, 0.29) is 0 Å². The number of hydrogen-bond donors (Lipinski definition) is 1. The summed E-state index contributed by atoms with van der Waals surface area (Å²) in [5, 5.41) is 3.65. The zero-order chi connectivity index (χ0) is 14.7. The predicted octanol–water partition coefficient (Wildman–Crippen LogP) is 4.79. The Morgan fingerprint density at radius 2 is 1.86 bits per heavy atom. The number of benzene rings is 2. The fourth-order valence-electron chi connectivity index (χ4n) is 3.02. The van der Waals surface area contributed by atoms with Gasteiger partial charge in [0.25, 0.3) is 0 Å². The molecular formula is C19H23NO. The third-order valence-corrected chi connectivity index (χ3v) is 4.20. The summed E-state index contributed by atoms with van der Waals surface area (Å²) in [5.41, 5.74) is 3.98. The maximum atomic E-state index is 5.74. The van der Waals surface area contributed by atoms with Crippen LogP contribution in [0.25, 0.3) is 0 Å². The van der Waals surface area contributed by atoms with E-state index in [1.165, 1.54) is 16.8 Å². The van der Waals surface area contributed by atoms with E-state index in [9.17, 15) is 0 Å². The summed E-state index contributed by atoms with van der Waals surface area (Å²) in [6.45, 7) is 6.26. The lowest BCUT2D eigenvalue weighted by Gasteiger charge is -2.27. The maximum Gasteiger partial charge on any atom is 0.122 e. The summed E-state index contributed by atoms with van der Waals surface area (Å²) >= 11 is 0. The highest BCUT2D eigenvalue weighted by atomic mass is 16.5. The Labute approximate surface area is 127 Å². The van der Waals surface area contributed by atoms with Gasteiger partial charge in [-0.25, -0.2) is 0 Å². The van der Waals surface area contributed by atoms with Crippen molar-refractivity contribution in [2.75, 3.05) is 18.5 Å². The number of hydrogen-bond acceptors (Lipinski definition) is 2. The van der Waals surface area contributed by atoms with E-state index in [0.717, 1.165) is 25.3 Å². The molecule has 1 heterocycles. The highest BCUT2D eigenvalue weighted by molar-refractivity contribution is 5.53. The molecule has 1 aliphatic heterocycles. The number of para-hydroxylation sites is 2. The van der Waals surface area contributed by atoms with Crippen LogP contribution >= 0.6 is 0 Å². The van der Waals surface area contributed by atoms with Crippen LogP contribution in [0.2, 0.25) is 0 Å². The Morgan fingerprint density at radius 3 is 2.71 bits per heavy atom. The third kappa shape index (κ3) is 3.05. The van der Waals surface area contributed by atoms with Gasteiger partial charge in [0.15, 0.2) is 0 Å². The molecule has 1 atom stereocenters. The van der Waals surface area contributed by atoms with Gasteiger partial charge in [0, 0.05) is 18.2 Å². The van der Waals surface area contributed by atoms with E-state index in [4.69, 9.17) is 4.74 Å². The van der Waals surface area contributed by atoms with Crippen LogP contribution in [0.4, 0.5) is 5.69 Å². The van der Waals surface area contributed by atoms with Crippen molar-refractivity contribution >= 4 is 5.69 Å². The van der Waals surface area contributed by atoms with Crippen LogP contribution in [0, 0.1) is 0 Å². The number of anilines is 1. The van der Waals surface area contributed by atoms with Crippen LogP contribution in [0.3, 0.4) is 0 Å². The molecule has 0 bridgehead atoms. The van der Waals surface area contributed by atoms with Crippen LogP contribution < -0.4 is 10.1 Å². The Hall–Kier alpha value is -1.96. The minimum atomic E-state index is 0.523. The maximum absolute atomic E-state index is 5.74. The molecule has 2 nitrogen and oxygen atoms in total. The molecule has 2 heteroatoms. The molecule has 2 aromatic rings. The zero-order valence-corrected chi connectivity index (χ0v) is 12.8. The monoisotopic (exact) mass is 281 g/mol. The summed E-state index contributed by atoms with van der Waals surface area (Å²) in [6.07, 6.45) is 1.08. The van der Waals surface area contributed by atoms with Gasteiger partial charge in [-0.2, -0.15) is 0 Å². The standard InChI is InChI=1S/C19H23NO/c1-14(2)16-7-3-5-9-18(16)20-13-15-11-12-21-19-10-6-4-8-17(15)19/h3-10,14-15,20H,11-13H2,1-2H3. The van der Waals surface area contributed by atoms with Crippen molar-refractivity contribution in [2.45, 2.75) is 32.1 Å². The second kappa shape index (κ2) is 6.21. The summed E-state index contributed by atoms with van der Waals surface area (Å²) in [6, 6.07) is 17.0. The highest BCUT2D eigenvalue weighted by Crippen LogP contribution is 2.34. The lowest BCUT2D eigenvalue weighted by atomic mass is 9.92. The van der Waals surface area contributed by atoms with Gasteiger partial charge >= 0.3 is 0 Å². The van der Waals surface area contributed by atoms with Crippen molar-refractivity contribution in [2.24, 2.45) is 0 Å². The molecule has 0 radical (unpaired) electrons. The molecule has 0 saturated carbocycles. The molecule has 3 rings (SSSR count). The first-order valence-electron chi connectivity index (χ1n) is 7.80. The molecule has 2 aromatic carbocycles. The average Bonchev–Trinajstić information content (AvgIpc) is 2.53. The third-order valence-electron chi connectivity index (χ3n) is 4.20. The number of ether oxygens (including phenoxy) is 1. The summed E-state index contributed by atoms with van der Waals surface area (Å²) in [7, 11) is 0. The lowest BCUT2D eigenvalue weighted by Crippen LogP contribution is -2.21. The van der Waals surface area contributed by atoms with Crippen LogP contribution in [0.15, 0.2) is 48.5 Å². The molecule has 0 amide bonds. The summed E-state index contributed by atoms with van der Waals surface area (Å²) < 4.78 is 5.74. The van der Waals surface area contributed by atoms with Crippen molar-refractivity contribution in [3.05, 3.63) is 59.7 Å². The van der Waals surface area contributed by atoms with E-state index in [1.807, 2.05) is 6.07 Å². The molecule has 1 N–H and O–H groups in total. The summed E-state index contributed by atoms with van der Waals surface area (Å²) in [4.78, 5) is 0. The van der Waals surface area contributed by atoms with Gasteiger partial charge < -0.3 is 10.1 Å². The van der Waals surface area contributed by atoms with E-state index in [2.05, 4.69) is 61.6 Å². The second-order valence-corrected chi connectivity index (χ2v) is 5.99. The Balaban J connectivity index is 1.75. The fourth-order valence-corrected chi connectivity index (χ4v) is 3.02. The molecule has 0 saturated heterocycles. The highest BCUT2D eigenvalue weighted by Gasteiger charge is 2.21.